The van der Waals surface area contributed by atoms with Crippen LogP contribution in [0, 0.1) is 0 Å². The summed E-state index contributed by atoms with van der Waals surface area (Å²) in [6, 6.07) is 4.85. The summed E-state index contributed by atoms with van der Waals surface area (Å²) < 4.78 is 0.809. The van der Waals surface area contributed by atoms with Crippen molar-refractivity contribution in [2.45, 2.75) is 32.7 Å². The van der Waals surface area contributed by atoms with Crippen molar-refractivity contribution >= 4 is 45.2 Å². The number of carbonyl (C=O) groups is 2. The largest absolute Gasteiger partial charge is 0.481 e. The number of rotatable bonds is 6. The molecule has 2 N–H and O–H groups in total. The quantitative estimate of drug-likeness (QED) is 0.780. The fourth-order valence-electron chi connectivity index (χ4n) is 1.78. The van der Waals surface area contributed by atoms with Gasteiger partial charge in [0.25, 0.3) is 0 Å². The van der Waals surface area contributed by atoms with Crippen LogP contribution in [0.15, 0.2) is 22.7 Å². The lowest BCUT2D eigenvalue weighted by Gasteiger charge is -2.27. The van der Waals surface area contributed by atoms with Gasteiger partial charge >= 0.3 is 12.0 Å². The van der Waals surface area contributed by atoms with Gasteiger partial charge in [0.05, 0.1) is 10.7 Å². The van der Waals surface area contributed by atoms with Crippen molar-refractivity contribution in [1.29, 1.82) is 0 Å². The fourth-order valence-corrected chi connectivity index (χ4v) is 2.30. The molecule has 1 aromatic rings. The van der Waals surface area contributed by atoms with E-state index in [9.17, 15) is 9.59 Å². The van der Waals surface area contributed by atoms with Crippen LogP contribution in [-0.2, 0) is 4.79 Å². The number of carboxylic acid groups (broad SMARTS) is 1. The SMILES string of the molecule is CC(C)N(CCCC(=O)O)C(=O)Nc1cc(Br)ccc1Cl. The Morgan fingerprint density at radius 2 is 2.10 bits per heavy atom. The van der Waals surface area contributed by atoms with Crippen LogP contribution >= 0.6 is 27.5 Å². The number of hydrogen-bond acceptors (Lipinski definition) is 2. The van der Waals surface area contributed by atoms with Crippen molar-refractivity contribution < 1.29 is 14.7 Å². The highest BCUT2D eigenvalue weighted by Crippen LogP contribution is 2.26. The van der Waals surface area contributed by atoms with E-state index in [0.717, 1.165) is 4.47 Å². The van der Waals surface area contributed by atoms with Crippen molar-refractivity contribution in [3.8, 4) is 0 Å². The first-order chi connectivity index (χ1) is 9.81. The topological polar surface area (TPSA) is 69.6 Å². The molecule has 1 aromatic carbocycles. The van der Waals surface area contributed by atoms with E-state index < -0.39 is 5.97 Å². The minimum Gasteiger partial charge on any atom is -0.481 e. The minimum absolute atomic E-state index is 0.0359. The molecule has 116 valence electrons. The zero-order chi connectivity index (χ0) is 16.0. The fraction of sp³-hybridized carbons (Fsp3) is 0.429. The van der Waals surface area contributed by atoms with Gasteiger partial charge in [0.2, 0.25) is 0 Å². The predicted octanol–water partition coefficient (Wildman–Crippen LogP) is 4.21. The molecule has 0 radical (unpaired) electrons. The highest BCUT2D eigenvalue weighted by molar-refractivity contribution is 9.10. The van der Waals surface area contributed by atoms with E-state index >= 15 is 0 Å². The maximum Gasteiger partial charge on any atom is 0.322 e. The number of hydrogen-bond donors (Lipinski definition) is 2. The standard InChI is InChI=1S/C14H18BrClN2O3/c1-9(2)18(7-3-4-13(19)20)14(21)17-12-8-10(15)5-6-11(12)16/h5-6,8-9H,3-4,7H2,1-2H3,(H,17,21)(H,19,20). The molecule has 0 saturated heterocycles. The maximum absolute atomic E-state index is 12.3. The molecule has 0 unspecified atom stereocenters. The van der Waals surface area contributed by atoms with E-state index in [1.54, 1.807) is 23.1 Å². The summed E-state index contributed by atoms with van der Waals surface area (Å²) in [7, 11) is 0. The van der Waals surface area contributed by atoms with Crippen LogP contribution in [-0.4, -0.2) is 34.6 Å². The van der Waals surface area contributed by atoms with Gasteiger partial charge in [0.15, 0.2) is 0 Å². The Morgan fingerprint density at radius 1 is 1.43 bits per heavy atom. The molecule has 0 bridgehead atoms. The molecule has 0 aliphatic rings. The zero-order valence-corrected chi connectivity index (χ0v) is 14.2. The van der Waals surface area contributed by atoms with Crippen molar-refractivity contribution in [3.05, 3.63) is 27.7 Å². The molecule has 0 aliphatic heterocycles. The summed E-state index contributed by atoms with van der Waals surface area (Å²) in [5.74, 6) is -0.867. The number of amides is 2. The Kier molecular flexibility index (Phi) is 6.98. The molecular formula is C14H18BrClN2O3. The summed E-state index contributed by atoms with van der Waals surface area (Å²) in [6.45, 7) is 4.13. The van der Waals surface area contributed by atoms with Crippen LogP contribution in [0.5, 0.6) is 0 Å². The van der Waals surface area contributed by atoms with Crippen molar-refractivity contribution in [2.24, 2.45) is 0 Å². The molecule has 0 aromatic heterocycles. The van der Waals surface area contributed by atoms with Crippen LogP contribution in [0.3, 0.4) is 0 Å². The second-order valence-electron chi connectivity index (χ2n) is 4.84. The lowest BCUT2D eigenvalue weighted by Crippen LogP contribution is -2.40. The van der Waals surface area contributed by atoms with Crippen LogP contribution in [0.2, 0.25) is 5.02 Å². The number of anilines is 1. The average Bonchev–Trinajstić information content (AvgIpc) is 2.38. The molecule has 0 spiro atoms. The van der Waals surface area contributed by atoms with Crippen LogP contribution in [0.1, 0.15) is 26.7 Å². The number of carboxylic acids is 1. The molecule has 0 atom stereocenters. The third-order valence-corrected chi connectivity index (χ3v) is 3.67. The second-order valence-corrected chi connectivity index (χ2v) is 6.16. The smallest absolute Gasteiger partial charge is 0.322 e. The molecule has 21 heavy (non-hydrogen) atoms. The summed E-state index contributed by atoms with van der Waals surface area (Å²) in [6.07, 6.45) is 0.446. The zero-order valence-electron chi connectivity index (χ0n) is 11.9. The van der Waals surface area contributed by atoms with E-state index in [1.165, 1.54) is 0 Å². The second kappa shape index (κ2) is 8.24. The number of urea groups is 1. The molecule has 0 heterocycles. The van der Waals surface area contributed by atoms with E-state index in [-0.39, 0.29) is 18.5 Å². The molecule has 5 nitrogen and oxygen atoms in total. The van der Waals surface area contributed by atoms with E-state index in [2.05, 4.69) is 21.2 Å². The minimum atomic E-state index is -0.867. The first-order valence-corrected chi connectivity index (χ1v) is 7.73. The van der Waals surface area contributed by atoms with Gasteiger partial charge in [0, 0.05) is 23.5 Å². The first-order valence-electron chi connectivity index (χ1n) is 6.55. The highest BCUT2D eigenvalue weighted by atomic mass is 79.9. The van der Waals surface area contributed by atoms with E-state index in [1.807, 2.05) is 13.8 Å². The van der Waals surface area contributed by atoms with Crippen molar-refractivity contribution in [2.75, 3.05) is 11.9 Å². The van der Waals surface area contributed by atoms with Gasteiger partial charge in [-0.05, 0) is 38.5 Å². The highest BCUT2D eigenvalue weighted by Gasteiger charge is 2.18. The normalized spacial score (nSPS) is 10.5. The Bertz CT molecular complexity index is 523. The molecule has 1 rings (SSSR count). The van der Waals surface area contributed by atoms with Gasteiger partial charge in [-0.3, -0.25) is 4.79 Å². The summed E-state index contributed by atoms with van der Waals surface area (Å²) in [5.41, 5.74) is 0.514. The molecule has 7 heteroatoms. The number of nitrogens with zero attached hydrogens (tertiary/aromatic N) is 1. The molecule has 2 amide bonds. The number of aliphatic carboxylic acids is 1. The predicted molar refractivity (Wildman–Crippen MR) is 86.9 cm³/mol. The summed E-state index contributed by atoms with van der Waals surface area (Å²) in [4.78, 5) is 24.4. The van der Waals surface area contributed by atoms with Gasteiger partial charge < -0.3 is 15.3 Å². The van der Waals surface area contributed by atoms with Crippen LogP contribution < -0.4 is 5.32 Å². The maximum atomic E-state index is 12.3. The average molecular weight is 378 g/mol. The van der Waals surface area contributed by atoms with Gasteiger partial charge in [-0.1, -0.05) is 27.5 Å². The van der Waals surface area contributed by atoms with E-state index in [4.69, 9.17) is 16.7 Å². The van der Waals surface area contributed by atoms with Crippen LogP contribution in [0.4, 0.5) is 10.5 Å². The number of benzene rings is 1. The summed E-state index contributed by atoms with van der Waals surface area (Å²) in [5, 5.41) is 11.9. The number of nitrogens with one attached hydrogen (secondary N) is 1. The molecule has 0 fully saturated rings. The monoisotopic (exact) mass is 376 g/mol. The molecule has 0 saturated carbocycles. The van der Waals surface area contributed by atoms with Gasteiger partial charge in [-0.25, -0.2) is 4.79 Å². The Balaban J connectivity index is 2.72. The van der Waals surface area contributed by atoms with Gasteiger partial charge in [0.1, 0.15) is 0 Å². The molecular weight excluding hydrogens is 360 g/mol. The molecule has 0 aliphatic carbocycles. The Labute approximate surface area is 137 Å². The van der Waals surface area contributed by atoms with E-state index in [0.29, 0.717) is 23.7 Å². The van der Waals surface area contributed by atoms with Crippen molar-refractivity contribution in [1.82, 2.24) is 4.90 Å². The third-order valence-electron chi connectivity index (χ3n) is 2.84. The van der Waals surface area contributed by atoms with Gasteiger partial charge in [-0.15, -0.1) is 0 Å². The number of halogens is 2. The van der Waals surface area contributed by atoms with Crippen LogP contribution in [0.25, 0.3) is 0 Å². The van der Waals surface area contributed by atoms with Gasteiger partial charge in [-0.2, -0.15) is 0 Å². The lowest BCUT2D eigenvalue weighted by molar-refractivity contribution is -0.137. The first kappa shape index (κ1) is 17.8. The van der Waals surface area contributed by atoms with Crippen molar-refractivity contribution in [3.63, 3.8) is 0 Å². The third kappa shape index (κ3) is 5.93. The summed E-state index contributed by atoms with van der Waals surface area (Å²) >= 11 is 9.36. The Morgan fingerprint density at radius 3 is 2.67 bits per heavy atom. The Hall–Kier alpha value is -1.27. The lowest BCUT2D eigenvalue weighted by atomic mass is 10.2. The number of carbonyl (C=O) groups excluding carboxylic acids is 1.